The number of aliphatic hydroxyl groups is 1. The smallest absolute Gasteiger partial charge is 0.232 e. The van der Waals surface area contributed by atoms with E-state index in [1.165, 1.54) is 13.4 Å². The van der Waals surface area contributed by atoms with E-state index < -0.39 is 6.10 Å². The number of ether oxygens (including phenoxy) is 1. The van der Waals surface area contributed by atoms with Crippen LogP contribution in [0.4, 0.5) is 0 Å². The van der Waals surface area contributed by atoms with Crippen LogP contribution in [0.1, 0.15) is 32.6 Å². The van der Waals surface area contributed by atoms with Crippen LogP contribution in [0.2, 0.25) is 0 Å². The van der Waals surface area contributed by atoms with Gasteiger partial charge >= 0.3 is 0 Å². The molecule has 2 unspecified atom stereocenters. The lowest BCUT2D eigenvalue weighted by atomic mass is 9.91. The Morgan fingerprint density at radius 2 is 2.00 bits per heavy atom. The predicted molar refractivity (Wildman–Crippen MR) is 71.1 cm³/mol. The van der Waals surface area contributed by atoms with E-state index in [4.69, 9.17) is 9.26 Å². The first-order valence-corrected chi connectivity index (χ1v) is 6.41. The van der Waals surface area contributed by atoms with Gasteiger partial charge in [0, 0.05) is 6.07 Å². The van der Waals surface area contributed by atoms with E-state index in [-0.39, 0.29) is 11.8 Å². The molecule has 0 saturated heterocycles. The first-order valence-electron chi connectivity index (χ1n) is 6.41. The molecular weight excluding hydrogens is 260 g/mol. The zero-order valence-electron chi connectivity index (χ0n) is 11.9. The van der Waals surface area contributed by atoms with E-state index in [0.717, 1.165) is 0 Å². The molecule has 2 aromatic heterocycles. The van der Waals surface area contributed by atoms with E-state index in [2.05, 4.69) is 20.1 Å². The highest BCUT2D eigenvalue weighted by Gasteiger charge is 2.27. The minimum Gasteiger partial charge on any atom is -0.481 e. The van der Waals surface area contributed by atoms with Crippen molar-refractivity contribution in [2.24, 2.45) is 5.92 Å². The lowest BCUT2D eigenvalue weighted by Gasteiger charge is -2.19. The third kappa shape index (κ3) is 2.93. The molecule has 0 aliphatic carbocycles. The molecule has 0 aliphatic heterocycles. The SMILES string of the molecule is COc1cc(-c2noc(C(C(C)C)C(C)O)n2)ncn1. The molecule has 2 aromatic rings. The number of aromatic nitrogens is 4. The van der Waals surface area contributed by atoms with E-state index >= 15 is 0 Å². The first kappa shape index (κ1) is 14.4. The fraction of sp³-hybridized carbons (Fsp3) is 0.538. The zero-order valence-corrected chi connectivity index (χ0v) is 11.9. The minimum atomic E-state index is -0.566. The van der Waals surface area contributed by atoms with E-state index in [1.807, 2.05) is 13.8 Å². The summed E-state index contributed by atoms with van der Waals surface area (Å²) in [6.45, 7) is 5.70. The topological polar surface area (TPSA) is 94.2 Å². The Labute approximate surface area is 117 Å². The van der Waals surface area contributed by atoms with Gasteiger partial charge in [0.15, 0.2) is 0 Å². The second kappa shape index (κ2) is 5.96. The van der Waals surface area contributed by atoms with Crippen molar-refractivity contribution in [3.63, 3.8) is 0 Å². The van der Waals surface area contributed by atoms with Crippen LogP contribution in [0.25, 0.3) is 11.5 Å². The highest BCUT2D eigenvalue weighted by molar-refractivity contribution is 5.49. The van der Waals surface area contributed by atoms with Crippen LogP contribution in [0, 0.1) is 5.92 Å². The van der Waals surface area contributed by atoms with Gasteiger partial charge in [0.25, 0.3) is 0 Å². The van der Waals surface area contributed by atoms with Crippen molar-refractivity contribution in [1.29, 1.82) is 0 Å². The van der Waals surface area contributed by atoms with Crippen molar-refractivity contribution in [2.75, 3.05) is 7.11 Å². The van der Waals surface area contributed by atoms with Crippen molar-refractivity contribution >= 4 is 0 Å². The molecule has 0 aliphatic rings. The average molecular weight is 278 g/mol. The maximum atomic E-state index is 9.82. The van der Waals surface area contributed by atoms with Crippen molar-refractivity contribution in [3.05, 3.63) is 18.3 Å². The summed E-state index contributed by atoms with van der Waals surface area (Å²) in [4.78, 5) is 12.3. The highest BCUT2D eigenvalue weighted by Crippen LogP contribution is 2.28. The summed E-state index contributed by atoms with van der Waals surface area (Å²) in [6, 6.07) is 1.63. The summed E-state index contributed by atoms with van der Waals surface area (Å²) in [5, 5.41) is 13.7. The number of nitrogens with zero attached hydrogens (tertiary/aromatic N) is 4. The van der Waals surface area contributed by atoms with E-state index in [0.29, 0.717) is 23.3 Å². The molecule has 0 aromatic carbocycles. The number of hydrogen-bond acceptors (Lipinski definition) is 7. The first-order chi connectivity index (χ1) is 9.52. The Balaban J connectivity index is 2.32. The van der Waals surface area contributed by atoms with Crippen LogP contribution in [0.5, 0.6) is 5.88 Å². The lowest BCUT2D eigenvalue weighted by molar-refractivity contribution is 0.120. The Morgan fingerprint density at radius 3 is 2.60 bits per heavy atom. The molecule has 1 N–H and O–H groups in total. The molecule has 0 amide bonds. The van der Waals surface area contributed by atoms with Crippen molar-refractivity contribution in [2.45, 2.75) is 32.8 Å². The number of rotatable bonds is 5. The van der Waals surface area contributed by atoms with Gasteiger partial charge in [-0.3, -0.25) is 0 Å². The molecule has 0 fully saturated rings. The molecule has 7 nitrogen and oxygen atoms in total. The summed E-state index contributed by atoms with van der Waals surface area (Å²) in [5.41, 5.74) is 0.514. The van der Waals surface area contributed by atoms with Gasteiger partial charge in [-0.05, 0) is 12.8 Å². The zero-order chi connectivity index (χ0) is 14.7. The van der Waals surface area contributed by atoms with Crippen LogP contribution < -0.4 is 4.74 Å². The largest absolute Gasteiger partial charge is 0.481 e. The van der Waals surface area contributed by atoms with Gasteiger partial charge in [0.1, 0.15) is 12.0 Å². The summed E-state index contributed by atoms with van der Waals surface area (Å²) >= 11 is 0. The summed E-state index contributed by atoms with van der Waals surface area (Å²) in [6.07, 6.45) is 0.807. The van der Waals surface area contributed by atoms with Crippen molar-refractivity contribution in [3.8, 4) is 17.4 Å². The number of aliphatic hydroxyl groups excluding tert-OH is 1. The van der Waals surface area contributed by atoms with Gasteiger partial charge in [-0.1, -0.05) is 19.0 Å². The molecule has 108 valence electrons. The van der Waals surface area contributed by atoms with Crippen LogP contribution in [0.3, 0.4) is 0 Å². The van der Waals surface area contributed by atoms with Crippen LogP contribution in [-0.2, 0) is 0 Å². The van der Waals surface area contributed by atoms with Gasteiger partial charge in [-0.25, -0.2) is 9.97 Å². The molecular formula is C13H18N4O3. The maximum absolute atomic E-state index is 9.82. The molecule has 2 atom stereocenters. The van der Waals surface area contributed by atoms with Crippen LogP contribution in [0.15, 0.2) is 16.9 Å². The molecule has 7 heteroatoms. The normalized spacial score (nSPS) is 14.3. The fourth-order valence-electron chi connectivity index (χ4n) is 2.10. The Kier molecular flexibility index (Phi) is 4.29. The molecule has 2 heterocycles. The van der Waals surface area contributed by atoms with Crippen LogP contribution >= 0.6 is 0 Å². The summed E-state index contributed by atoms with van der Waals surface area (Å²) < 4.78 is 10.3. The lowest BCUT2D eigenvalue weighted by Crippen LogP contribution is -2.20. The monoisotopic (exact) mass is 278 g/mol. The summed E-state index contributed by atoms with van der Waals surface area (Å²) in [7, 11) is 1.52. The third-order valence-electron chi connectivity index (χ3n) is 3.05. The third-order valence-corrected chi connectivity index (χ3v) is 3.05. The van der Waals surface area contributed by atoms with Crippen molar-refractivity contribution < 1.29 is 14.4 Å². The molecule has 0 radical (unpaired) electrons. The molecule has 2 rings (SSSR count). The molecule has 20 heavy (non-hydrogen) atoms. The predicted octanol–water partition coefficient (Wildman–Crippen LogP) is 1.66. The number of methoxy groups -OCH3 is 1. The Hall–Kier alpha value is -2.02. The van der Waals surface area contributed by atoms with Crippen LogP contribution in [-0.4, -0.2) is 38.4 Å². The van der Waals surface area contributed by atoms with Gasteiger partial charge in [0.05, 0.1) is 19.1 Å². The molecule has 0 bridgehead atoms. The fourth-order valence-corrected chi connectivity index (χ4v) is 2.10. The van der Waals surface area contributed by atoms with E-state index in [9.17, 15) is 5.11 Å². The van der Waals surface area contributed by atoms with Gasteiger partial charge < -0.3 is 14.4 Å². The second-order valence-electron chi connectivity index (χ2n) is 4.91. The quantitative estimate of drug-likeness (QED) is 0.888. The standard InChI is InChI=1S/C13H18N4O3/c1-7(2)11(8(3)18)13-16-12(17-20-13)9-5-10(19-4)15-6-14-9/h5-8,11,18H,1-4H3. The summed E-state index contributed by atoms with van der Waals surface area (Å²) in [5.74, 6) is 1.16. The molecule has 0 spiro atoms. The minimum absolute atomic E-state index is 0.184. The number of hydrogen-bond donors (Lipinski definition) is 1. The Bertz CT molecular complexity index is 560. The average Bonchev–Trinajstić information content (AvgIpc) is 2.87. The highest BCUT2D eigenvalue weighted by atomic mass is 16.5. The maximum Gasteiger partial charge on any atom is 0.232 e. The van der Waals surface area contributed by atoms with E-state index in [1.54, 1.807) is 13.0 Å². The van der Waals surface area contributed by atoms with Gasteiger partial charge in [-0.15, -0.1) is 0 Å². The molecule has 0 saturated carbocycles. The Morgan fingerprint density at radius 1 is 1.25 bits per heavy atom. The van der Waals surface area contributed by atoms with Gasteiger partial charge in [0.2, 0.25) is 17.6 Å². The van der Waals surface area contributed by atoms with Gasteiger partial charge in [-0.2, -0.15) is 4.98 Å². The van der Waals surface area contributed by atoms with Crippen molar-refractivity contribution in [1.82, 2.24) is 20.1 Å². The second-order valence-corrected chi connectivity index (χ2v) is 4.91.